The van der Waals surface area contributed by atoms with Crippen molar-refractivity contribution in [1.82, 2.24) is 9.62 Å². The van der Waals surface area contributed by atoms with Gasteiger partial charge in [-0.05, 0) is 37.3 Å². The normalized spacial score (nSPS) is 16.1. The quantitative estimate of drug-likeness (QED) is 0.683. The first-order valence-electron chi connectivity index (χ1n) is 10.3. The number of nitrogens with one attached hydrogen (secondary N) is 1. The van der Waals surface area contributed by atoms with Gasteiger partial charge in [0.1, 0.15) is 0 Å². The van der Waals surface area contributed by atoms with Crippen molar-refractivity contribution in [3.63, 3.8) is 0 Å². The largest absolute Gasteiger partial charge is 0.353 e. The van der Waals surface area contributed by atoms with E-state index in [9.17, 15) is 13.2 Å². The number of hydrogen-bond donors (Lipinski definition) is 1. The second kappa shape index (κ2) is 10.0. The molecule has 0 saturated carbocycles. The Balaban J connectivity index is 1.59. The Morgan fingerprint density at radius 2 is 1.48 bits per heavy atom. The maximum absolute atomic E-state index is 12.5. The molecule has 2 aromatic carbocycles. The van der Waals surface area contributed by atoms with Gasteiger partial charge in [0.2, 0.25) is 15.9 Å². The van der Waals surface area contributed by atoms with Crippen LogP contribution < -0.4 is 5.32 Å². The summed E-state index contributed by atoms with van der Waals surface area (Å²) in [7, 11) is -3.23. The summed E-state index contributed by atoms with van der Waals surface area (Å²) < 4.78 is 26.2. The molecule has 1 aliphatic rings. The van der Waals surface area contributed by atoms with Gasteiger partial charge in [-0.25, -0.2) is 12.7 Å². The molecule has 1 saturated heterocycles. The van der Waals surface area contributed by atoms with Crippen LogP contribution in [0.5, 0.6) is 0 Å². The van der Waals surface area contributed by atoms with Gasteiger partial charge in [-0.1, -0.05) is 60.7 Å². The number of rotatable bonds is 9. The van der Waals surface area contributed by atoms with E-state index in [-0.39, 0.29) is 30.0 Å². The molecule has 6 heteroatoms. The maximum atomic E-state index is 12.5. The Hall–Kier alpha value is -2.18. The molecule has 0 bridgehead atoms. The lowest BCUT2D eigenvalue weighted by Crippen LogP contribution is -2.38. The van der Waals surface area contributed by atoms with Gasteiger partial charge in [-0.2, -0.15) is 0 Å². The molecule has 1 unspecified atom stereocenters. The van der Waals surface area contributed by atoms with Crippen molar-refractivity contribution in [3.05, 3.63) is 71.8 Å². The molecule has 0 aliphatic carbocycles. The van der Waals surface area contributed by atoms with Crippen molar-refractivity contribution in [1.29, 1.82) is 0 Å². The molecule has 0 radical (unpaired) electrons. The van der Waals surface area contributed by atoms with Crippen molar-refractivity contribution >= 4 is 15.9 Å². The van der Waals surface area contributed by atoms with E-state index in [1.165, 1.54) is 0 Å². The van der Waals surface area contributed by atoms with E-state index in [0.717, 1.165) is 24.0 Å². The molecule has 1 atom stereocenters. The third-order valence-corrected chi connectivity index (χ3v) is 7.43. The van der Waals surface area contributed by atoms with Crippen molar-refractivity contribution < 1.29 is 13.2 Å². The summed E-state index contributed by atoms with van der Waals surface area (Å²) in [6.45, 7) is 3.23. The SMILES string of the molecule is CC(NC(=O)CCCS(=O)(=O)N1CCCC1)C(c1ccccc1)c1ccccc1. The highest BCUT2D eigenvalue weighted by molar-refractivity contribution is 7.89. The van der Waals surface area contributed by atoms with Gasteiger partial charge in [0, 0.05) is 31.5 Å². The first-order chi connectivity index (χ1) is 14.0. The predicted molar refractivity (Wildman–Crippen MR) is 116 cm³/mol. The first kappa shape index (κ1) is 21.5. The minimum Gasteiger partial charge on any atom is -0.353 e. The molecule has 2 aromatic rings. The minimum atomic E-state index is -3.23. The van der Waals surface area contributed by atoms with Crippen molar-refractivity contribution in [2.75, 3.05) is 18.8 Å². The lowest BCUT2D eigenvalue weighted by molar-refractivity contribution is -0.121. The molecule has 1 amide bonds. The van der Waals surface area contributed by atoms with Crippen LogP contribution in [0.2, 0.25) is 0 Å². The molecule has 156 valence electrons. The molecule has 1 fully saturated rings. The maximum Gasteiger partial charge on any atom is 0.220 e. The highest BCUT2D eigenvalue weighted by Gasteiger charge is 2.26. The second-order valence-electron chi connectivity index (χ2n) is 7.68. The third kappa shape index (κ3) is 5.90. The van der Waals surface area contributed by atoms with E-state index in [1.54, 1.807) is 4.31 Å². The molecule has 1 aliphatic heterocycles. The van der Waals surface area contributed by atoms with Crippen LogP contribution in [-0.2, 0) is 14.8 Å². The number of sulfonamides is 1. The van der Waals surface area contributed by atoms with Gasteiger partial charge in [-0.3, -0.25) is 4.79 Å². The minimum absolute atomic E-state index is 0.0367. The first-order valence-corrected chi connectivity index (χ1v) is 12.0. The molecule has 0 aromatic heterocycles. The van der Waals surface area contributed by atoms with Crippen molar-refractivity contribution in [2.45, 2.75) is 44.6 Å². The van der Waals surface area contributed by atoms with Gasteiger partial charge in [0.25, 0.3) is 0 Å². The lowest BCUT2D eigenvalue weighted by Gasteiger charge is -2.26. The molecule has 29 heavy (non-hydrogen) atoms. The van der Waals surface area contributed by atoms with E-state index in [0.29, 0.717) is 19.5 Å². The van der Waals surface area contributed by atoms with E-state index >= 15 is 0 Å². The molecule has 0 spiro atoms. The van der Waals surface area contributed by atoms with Crippen LogP contribution in [0.4, 0.5) is 0 Å². The summed E-state index contributed by atoms with van der Waals surface area (Å²) in [6, 6.07) is 20.2. The standard InChI is InChI=1S/C23H30N2O3S/c1-19(23(20-11-4-2-5-12-20)21-13-6-3-7-14-21)24-22(26)15-10-18-29(27,28)25-16-8-9-17-25/h2-7,11-14,19,23H,8-10,15-18H2,1H3,(H,24,26). The van der Waals surface area contributed by atoms with E-state index in [1.807, 2.05) is 43.3 Å². The molecular formula is C23H30N2O3S. The predicted octanol–water partition coefficient (Wildman–Crippen LogP) is 3.53. The van der Waals surface area contributed by atoms with E-state index in [2.05, 4.69) is 29.6 Å². The zero-order valence-corrected chi connectivity index (χ0v) is 17.8. The van der Waals surface area contributed by atoms with Crippen LogP contribution in [-0.4, -0.2) is 43.5 Å². The van der Waals surface area contributed by atoms with E-state index < -0.39 is 10.0 Å². The summed E-state index contributed by atoms with van der Waals surface area (Å²) in [5.41, 5.74) is 2.28. The highest BCUT2D eigenvalue weighted by atomic mass is 32.2. The van der Waals surface area contributed by atoms with Gasteiger partial charge in [-0.15, -0.1) is 0 Å². The molecule has 3 rings (SSSR count). The van der Waals surface area contributed by atoms with Crippen LogP contribution in [0.25, 0.3) is 0 Å². The van der Waals surface area contributed by atoms with E-state index in [4.69, 9.17) is 0 Å². The molecular weight excluding hydrogens is 384 g/mol. The molecule has 1 heterocycles. The number of benzene rings is 2. The monoisotopic (exact) mass is 414 g/mol. The summed E-state index contributed by atoms with van der Waals surface area (Å²) in [6.07, 6.45) is 2.42. The molecule has 5 nitrogen and oxygen atoms in total. The number of nitrogens with zero attached hydrogens (tertiary/aromatic N) is 1. The Morgan fingerprint density at radius 1 is 0.966 bits per heavy atom. The average molecular weight is 415 g/mol. The smallest absolute Gasteiger partial charge is 0.220 e. The summed E-state index contributed by atoms with van der Waals surface area (Å²) in [5, 5.41) is 3.09. The molecule has 1 N–H and O–H groups in total. The number of carbonyl (C=O) groups is 1. The topological polar surface area (TPSA) is 66.5 Å². The van der Waals surface area contributed by atoms with Crippen molar-refractivity contribution in [2.24, 2.45) is 0 Å². The number of carbonyl (C=O) groups excluding carboxylic acids is 1. The fraction of sp³-hybridized carbons (Fsp3) is 0.435. The Labute approximate surface area is 174 Å². The van der Waals surface area contributed by atoms with Gasteiger partial charge in [0.15, 0.2) is 0 Å². The average Bonchev–Trinajstić information content (AvgIpc) is 3.25. The van der Waals surface area contributed by atoms with Crippen LogP contribution in [0.15, 0.2) is 60.7 Å². The van der Waals surface area contributed by atoms with Crippen LogP contribution in [0.1, 0.15) is 49.7 Å². The zero-order chi connectivity index (χ0) is 20.7. The Bertz CT molecular complexity index is 839. The lowest BCUT2D eigenvalue weighted by atomic mass is 9.86. The fourth-order valence-corrected chi connectivity index (χ4v) is 5.59. The second-order valence-corrected chi connectivity index (χ2v) is 9.77. The van der Waals surface area contributed by atoms with Crippen LogP contribution in [0, 0.1) is 0 Å². The zero-order valence-electron chi connectivity index (χ0n) is 17.0. The fourth-order valence-electron chi connectivity index (χ4n) is 4.01. The van der Waals surface area contributed by atoms with Gasteiger partial charge >= 0.3 is 0 Å². The summed E-state index contributed by atoms with van der Waals surface area (Å²) in [4.78, 5) is 12.5. The third-order valence-electron chi connectivity index (χ3n) is 5.47. The number of amides is 1. The Kier molecular flexibility index (Phi) is 7.45. The number of hydrogen-bond acceptors (Lipinski definition) is 3. The summed E-state index contributed by atoms with van der Waals surface area (Å²) >= 11 is 0. The Morgan fingerprint density at radius 3 is 2.00 bits per heavy atom. The highest BCUT2D eigenvalue weighted by Crippen LogP contribution is 2.28. The summed E-state index contributed by atoms with van der Waals surface area (Å²) in [5.74, 6) is -0.0315. The van der Waals surface area contributed by atoms with Crippen molar-refractivity contribution in [3.8, 4) is 0 Å². The van der Waals surface area contributed by atoms with Crippen LogP contribution in [0.3, 0.4) is 0 Å². The van der Waals surface area contributed by atoms with Crippen LogP contribution >= 0.6 is 0 Å². The van der Waals surface area contributed by atoms with Gasteiger partial charge in [0.05, 0.1) is 5.75 Å². The van der Waals surface area contributed by atoms with Gasteiger partial charge < -0.3 is 5.32 Å².